The van der Waals surface area contributed by atoms with Gasteiger partial charge in [0.2, 0.25) is 5.95 Å². The minimum Gasteiger partial charge on any atom is -0.391 e. The molecule has 0 spiro atoms. The summed E-state index contributed by atoms with van der Waals surface area (Å²) in [6, 6.07) is 6.04. The summed E-state index contributed by atoms with van der Waals surface area (Å²) in [6.07, 6.45) is 4.26. The first-order chi connectivity index (χ1) is 12.7. The number of aliphatic hydroxyl groups excluding tert-OH is 1. The molecule has 4 heterocycles. The first kappa shape index (κ1) is 17.2. The number of rotatable bonds is 4. The quantitative estimate of drug-likeness (QED) is 0.881. The summed E-state index contributed by atoms with van der Waals surface area (Å²) in [5.74, 6) is 1.70. The van der Waals surface area contributed by atoms with Gasteiger partial charge in [0.15, 0.2) is 0 Å². The van der Waals surface area contributed by atoms with E-state index >= 15 is 0 Å². The van der Waals surface area contributed by atoms with Crippen molar-refractivity contribution in [3.8, 4) is 0 Å². The van der Waals surface area contributed by atoms with Crippen LogP contribution in [0.4, 0.5) is 11.8 Å². The second-order valence-electron chi connectivity index (χ2n) is 7.13. The maximum atomic E-state index is 9.74. The maximum Gasteiger partial charge on any atom is 0.227 e. The number of hydrogen-bond acceptors (Lipinski definition) is 7. The van der Waals surface area contributed by atoms with Gasteiger partial charge in [0.25, 0.3) is 0 Å². The monoisotopic (exact) mass is 354 g/mol. The zero-order valence-corrected chi connectivity index (χ0v) is 15.3. The average Bonchev–Trinajstić information content (AvgIpc) is 3.11. The Hall–Kier alpha value is -2.25. The first-order valence-electron chi connectivity index (χ1n) is 9.33. The van der Waals surface area contributed by atoms with Crippen LogP contribution in [0.25, 0.3) is 0 Å². The number of piperazine rings is 1. The van der Waals surface area contributed by atoms with Gasteiger partial charge < -0.3 is 14.9 Å². The Morgan fingerprint density at radius 2 is 1.88 bits per heavy atom. The van der Waals surface area contributed by atoms with E-state index in [9.17, 15) is 5.11 Å². The lowest BCUT2D eigenvalue weighted by molar-refractivity contribution is 0.198. The Bertz CT molecular complexity index is 746. The summed E-state index contributed by atoms with van der Waals surface area (Å²) in [7, 11) is 0. The lowest BCUT2D eigenvalue weighted by Gasteiger charge is -2.35. The second-order valence-corrected chi connectivity index (χ2v) is 7.13. The van der Waals surface area contributed by atoms with Crippen LogP contribution in [0.2, 0.25) is 0 Å². The molecule has 2 aromatic heterocycles. The minimum atomic E-state index is -0.244. The van der Waals surface area contributed by atoms with Crippen LogP contribution < -0.4 is 9.80 Å². The maximum absolute atomic E-state index is 9.74. The largest absolute Gasteiger partial charge is 0.391 e. The number of anilines is 2. The second kappa shape index (κ2) is 7.55. The molecule has 2 aromatic rings. The zero-order chi connectivity index (χ0) is 17.9. The van der Waals surface area contributed by atoms with Crippen molar-refractivity contribution in [2.24, 2.45) is 0 Å². The van der Waals surface area contributed by atoms with Crippen LogP contribution in [-0.4, -0.2) is 70.3 Å². The van der Waals surface area contributed by atoms with Gasteiger partial charge in [0, 0.05) is 58.2 Å². The van der Waals surface area contributed by atoms with Crippen molar-refractivity contribution < 1.29 is 5.11 Å². The predicted molar refractivity (Wildman–Crippen MR) is 101 cm³/mol. The fraction of sp³-hybridized carbons (Fsp3) is 0.526. The minimum absolute atomic E-state index is 0.244. The highest BCUT2D eigenvalue weighted by molar-refractivity contribution is 5.45. The fourth-order valence-corrected chi connectivity index (χ4v) is 3.62. The Labute approximate surface area is 154 Å². The number of pyridine rings is 1. The van der Waals surface area contributed by atoms with Gasteiger partial charge in [-0.2, -0.15) is 4.98 Å². The lowest BCUT2D eigenvalue weighted by atomic mass is 10.2. The molecule has 0 amide bonds. The molecule has 1 atom stereocenters. The Balaban J connectivity index is 1.37. The van der Waals surface area contributed by atoms with Crippen LogP contribution in [0.15, 0.2) is 30.6 Å². The van der Waals surface area contributed by atoms with Crippen LogP contribution in [-0.2, 0) is 6.54 Å². The number of β-amino-alcohol motifs (C(OH)–C–C–N with tert-alkyl or cyclic N) is 1. The molecule has 0 bridgehead atoms. The molecule has 0 aliphatic carbocycles. The third kappa shape index (κ3) is 3.78. The molecule has 0 radical (unpaired) electrons. The number of nitrogens with zero attached hydrogens (tertiary/aromatic N) is 6. The highest BCUT2D eigenvalue weighted by atomic mass is 16.3. The summed E-state index contributed by atoms with van der Waals surface area (Å²) in [4.78, 5) is 20.5. The Morgan fingerprint density at radius 3 is 2.62 bits per heavy atom. The summed E-state index contributed by atoms with van der Waals surface area (Å²) in [5, 5.41) is 9.74. The van der Waals surface area contributed by atoms with Gasteiger partial charge >= 0.3 is 0 Å². The van der Waals surface area contributed by atoms with Gasteiger partial charge in [0.1, 0.15) is 5.82 Å². The van der Waals surface area contributed by atoms with Gasteiger partial charge in [-0.3, -0.25) is 9.88 Å². The van der Waals surface area contributed by atoms with Gasteiger partial charge in [-0.05, 0) is 31.0 Å². The molecule has 1 N–H and O–H groups in total. The van der Waals surface area contributed by atoms with E-state index in [1.807, 2.05) is 24.5 Å². The van der Waals surface area contributed by atoms with Gasteiger partial charge in [0.05, 0.1) is 11.8 Å². The molecule has 2 fully saturated rings. The fourth-order valence-electron chi connectivity index (χ4n) is 3.62. The summed E-state index contributed by atoms with van der Waals surface area (Å²) in [6.45, 7) is 8.32. The van der Waals surface area contributed by atoms with E-state index in [0.717, 1.165) is 63.1 Å². The molecule has 0 saturated carbocycles. The van der Waals surface area contributed by atoms with Crippen molar-refractivity contribution in [3.63, 3.8) is 0 Å². The van der Waals surface area contributed by atoms with Crippen LogP contribution >= 0.6 is 0 Å². The summed E-state index contributed by atoms with van der Waals surface area (Å²) < 4.78 is 0. The van der Waals surface area contributed by atoms with Crippen LogP contribution in [0.5, 0.6) is 0 Å². The van der Waals surface area contributed by atoms with Crippen molar-refractivity contribution >= 4 is 11.8 Å². The third-order valence-corrected chi connectivity index (χ3v) is 5.26. The first-order valence-corrected chi connectivity index (χ1v) is 9.33. The highest BCUT2D eigenvalue weighted by Crippen LogP contribution is 2.21. The molecule has 138 valence electrons. The molecule has 0 aromatic carbocycles. The number of aliphatic hydroxyl groups is 1. The third-order valence-electron chi connectivity index (χ3n) is 5.26. The average molecular weight is 354 g/mol. The molecule has 4 rings (SSSR count). The van der Waals surface area contributed by atoms with E-state index < -0.39 is 0 Å². The van der Waals surface area contributed by atoms with E-state index in [2.05, 4.69) is 37.7 Å². The van der Waals surface area contributed by atoms with Crippen LogP contribution in [0.1, 0.15) is 17.7 Å². The summed E-state index contributed by atoms with van der Waals surface area (Å²) >= 11 is 0. The van der Waals surface area contributed by atoms with E-state index in [1.165, 1.54) is 5.56 Å². The van der Waals surface area contributed by atoms with E-state index in [4.69, 9.17) is 4.98 Å². The highest BCUT2D eigenvalue weighted by Gasteiger charge is 2.24. The van der Waals surface area contributed by atoms with Crippen LogP contribution in [0.3, 0.4) is 0 Å². The molecule has 0 unspecified atom stereocenters. The van der Waals surface area contributed by atoms with E-state index in [1.54, 1.807) is 0 Å². The van der Waals surface area contributed by atoms with Gasteiger partial charge in [-0.25, -0.2) is 4.98 Å². The van der Waals surface area contributed by atoms with Crippen LogP contribution in [0, 0.1) is 6.92 Å². The normalized spacial score (nSPS) is 21.4. The SMILES string of the molecule is Cc1cccnc1CN1CCN(c2nccc(N3CC[C@H](O)C3)n2)CC1. The van der Waals surface area contributed by atoms with Crippen molar-refractivity contribution in [3.05, 3.63) is 41.9 Å². The van der Waals surface area contributed by atoms with Crippen molar-refractivity contribution in [2.45, 2.75) is 26.0 Å². The van der Waals surface area contributed by atoms with Crippen molar-refractivity contribution in [1.82, 2.24) is 19.9 Å². The van der Waals surface area contributed by atoms with Crippen molar-refractivity contribution in [1.29, 1.82) is 0 Å². The Kier molecular flexibility index (Phi) is 4.99. The zero-order valence-electron chi connectivity index (χ0n) is 15.3. The standard InChI is InChI=1S/C19H26N6O/c1-15-3-2-6-20-17(15)14-23-9-11-24(12-10-23)19-21-7-4-18(22-19)25-8-5-16(26)13-25/h2-4,6-7,16,26H,5,8-14H2,1H3/t16-/m0/s1. The Morgan fingerprint density at radius 1 is 1.04 bits per heavy atom. The number of aromatic nitrogens is 3. The molecule has 2 saturated heterocycles. The van der Waals surface area contributed by atoms with E-state index in [0.29, 0.717) is 6.54 Å². The molecule has 7 nitrogen and oxygen atoms in total. The molecule has 2 aliphatic rings. The number of aryl methyl sites for hydroxylation is 1. The summed E-state index contributed by atoms with van der Waals surface area (Å²) in [5.41, 5.74) is 2.41. The molecule has 2 aliphatic heterocycles. The molecular weight excluding hydrogens is 328 g/mol. The van der Waals surface area contributed by atoms with Gasteiger partial charge in [-0.1, -0.05) is 6.07 Å². The van der Waals surface area contributed by atoms with Gasteiger partial charge in [-0.15, -0.1) is 0 Å². The molecule has 7 heteroatoms. The predicted octanol–water partition coefficient (Wildman–Crippen LogP) is 1.07. The van der Waals surface area contributed by atoms with Crippen molar-refractivity contribution in [2.75, 3.05) is 49.1 Å². The van der Waals surface area contributed by atoms with E-state index in [-0.39, 0.29) is 6.10 Å². The smallest absolute Gasteiger partial charge is 0.227 e. The molecular formula is C19H26N6O. The molecule has 26 heavy (non-hydrogen) atoms. The lowest BCUT2D eigenvalue weighted by Crippen LogP contribution is -2.46. The number of hydrogen-bond donors (Lipinski definition) is 1. The topological polar surface area (TPSA) is 68.6 Å².